The van der Waals surface area contributed by atoms with Gasteiger partial charge in [0.05, 0.1) is 56.0 Å². The maximum absolute atomic E-state index is 10.8. The number of ether oxygens (including phenoxy) is 2. The number of aromatic nitrogens is 4. The van der Waals surface area contributed by atoms with Crippen LogP contribution in [0.4, 0.5) is 11.4 Å². The molecule has 0 aliphatic carbocycles. The van der Waals surface area contributed by atoms with E-state index < -0.39 is 6.10 Å². The first-order valence-electron chi connectivity index (χ1n) is 11.5. The molecule has 0 aliphatic heterocycles. The monoisotopic (exact) mass is 512 g/mol. The molecular weight excluding hydrogens is 480 g/mol. The van der Waals surface area contributed by atoms with Crippen molar-refractivity contribution in [3.8, 4) is 22.8 Å². The van der Waals surface area contributed by atoms with E-state index in [1.165, 1.54) is 0 Å². The standard InChI is InChI=1S/C26H32N6O3.ClH/c1-17(2)27-13-21(33)16-32(20-8-22(34-4)11-23(9-20)35-5)19-6-7-24-25(10-19)30-26(14-28-24)18-12-29-31(3)15-18;/h6-12,14-15,17,21,27,33H,13,16H2,1-5H3;1H. The number of halogens is 1. The Bertz CT molecular complexity index is 1270. The predicted octanol–water partition coefficient (Wildman–Crippen LogP) is 3.97. The molecule has 0 radical (unpaired) electrons. The van der Waals surface area contributed by atoms with Gasteiger partial charge in [-0.2, -0.15) is 5.10 Å². The maximum atomic E-state index is 10.8. The second-order valence-corrected chi connectivity index (χ2v) is 8.73. The van der Waals surface area contributed by atoms with Gasteiger partial charge in [0.25, 0.3) is 0 Å². The lowest BCUT2D eigenvalue weighted by Gasteiger charge is -2.29. The van der Waals surface area contributed by atoms with Gasteiger partial charge >= 0.3 is 0 Å². The van der Waals surface area contributed by atoms with Crippen molar-refractivity contribution in [2.75, 3.05) is 32.2 Å². The van der Waals surface area contributed by atoms with Gasteiger partial charge in [-0.1, -0.05) is 13.8 Å². The zero-order valence-corrected chi connectivity index (χ0v) is 22.0. The number of aliphatic hydroxyl groups excluding tert-OH is 1. The molecule has 2 aromatic carbocycles. The van der Waals surface area contributed by atoms with Gasteiger partial charge in [-0.25, -0.2) is 4.98 Å². The Balaban J connectivity index is 0.00000361. The molecular formula is C26H33ClN6O3. The molecule has 1 unspecified atom stereocenters. The van der Waals surface area contributed by atoms with Crippen LogP contribution in [0.3, 0.4) is 0 Å². The summed E-state index contributed by atoms with van der Waals surface area (Å²) in [6.45, 7) is 4.93. The fourth-order valence-electron chi connectivity index (χ4n) is 3.82. The summed E-state index contributed by atoms with van der Waals surface area (Å²) in [5.74, 6) is 1.33. The average Bonchev–Trinajstić information content (AvgIpc) is 3.31. The van der Waals surface area contributed by atoms with E-state index in [9.17, 15) is 5.11 Å². The molecule has 2 heterocycles. The quantitative estimate of drug-likeness (QED) is 0.329. The summed E-state index contributed by atoms with van der Waals surface area (Å²) in [6, 6.07) is 11.8. The molecule has 2 aromatic heterocycles. The van der Waals surface area contributed by atoms with Gasteiger partial charge in [0.1, 0.15) is 11.5 Å². The van der Waals surface area contributed by atoms with Gasteiger partial charge in [0.15, 0.2) is 0 Å². The van der Waals surface area contributed by atoms with E-state index >= 15 is 0 Å². The second-order valence-electron chi connectivity index (χ2n) is 8.73. The van der Waals surface area contributed by atoms with Crippen molar-refractivity contribution in [2.24, 2.45) is 7.05 Å². The molecule has 192 valence electrons. The maximum Gasteiger partial charge on any atom is 0.124 e. The number of nitrogens with zero attached hydrogens (tertiary/aromatic N) is 5. The van der Waals surface area contributed by atoms with Crippen LogP contribution in [0, 0.1) is 0 Å². The SMILES string of the molecule is COc1cc(OC)cc(N(CC(O)CNC(C)C)c2ccc3ncc(-c4cnn(C)c4)nc3c2)c1.Cl. The summed E-state index contributed by atoms with van der Waals surface area (Å²) in [5, 5.41) is 18.4. The Labute approximate surface area is 217 Å². The highest BCUT2D eigenvalue weighted by molar-refractivity contribution is 5.85. The first-order valence-corrected chi connectivity index (χ1v) is 11.5. The zero-order chi connectivity index (χ0) is 24.9. The molecule has 0 amide bonds. The number of benzene rings is 2. The highest BCUT2D eigenvalue weighted by Crippen LogP contribution is 2.34. The van der Waals surface area contributed by atoms with E-state index in [1.54, 1.807) is 31.3 Å². The largest absolute Gasteiger partial charge is 0.497 e. The molecule has 0 spiro atoms. The third-order valence-electron chi connectivity index (χ3n) is 5.64. The minimum atomic E-state index is -0.613. The normalized spacial score (nSPS) is 11.9. The number of hydrogen-bond donors (Lipinski definition) is 2. The number of methoxy groups -OCH3 is 2. The molecule has 10 heteroatoms. The Morgan fingerprint density at radius 2 is 1.72 bits per heavy atom. The van der Waals surface area contributed by atoms with Crippen LogP contribution < -0.4 is 19.7 Å². The Kier molecular flexibility index (Phi) is 9.08. The van der Waals surface area contributed by atoms with Crippen molar-refractivity contribution < 1.29 is 14.6 Å². The summed E-state index contributed by atoms with van der Waals surface area (Å²) in [6.07, 6.45) is 4.82. The molecule has 0 saturated heterocycles. The van der Waals surface area contributed by atoms with Crippen LogP contribution >= 0.6 is 12.4 Å². The van der Waals surface area contributed by atoms with Crippen molar-refractivity contribution in [2.45, 2.75) is 26.0 Å². The molecule has 1 atom stereocenters. The van der Waals surface area contributed by atoms with Crippen LogP contribution in [-0.2, 0) is 7.05 Å². The van der Waals surface area contributed by atoms with Gasteiger partial charge in [-0.15, -0.1) is 12.4 Å². The van der Waals surface area contributed by atoms with Gasteiger partial charge in [0, 0.05) is 61.0 Å². The number of aliphatic hydroxyl groups is 1. The first-order chi connectivity index (χ1) is 16.9. The predicted molar refractivity (Wildman–Crippen MR) is 145 cm³/mol. The Hall–Kier alpha value is -3.40. The van der Waals surface area contributed by atoms with Crippen molar-refractivity contribution in [3.05, 3.63) is 55.0 Å². The van der Waals surface area contributed by atoms with Crippen molar-refractivity contribution in [3.63, 3.8) is 0 Å². The van der Waals surface area contributed by atoms with Crippen molar-refractivity contribution >= 4 is 34.8 Å². The molecule has 0 aliphatic rings. The highest BCUT2D eigenvalue weighted by Gasteiger charge is 2.18. The fourth-order valence-corrected chi connectivity index (χ4v) is 3.82. The molecule has 4 rings (SSSR count). The van der Waals surface area contributed by atoms with Gasteiger partial charge in [-0.05, 0) is 18.2 Å². The molecule has 0 bridgehead atoms. The van der Waals surface area contributed by atoms with Crippen LogP contribution in [0.2, 0.25) is 0 Å². The van der Waals surface area contributed by atoms with E-state index in [2.05, 4.69) is 29.2 Å². The van der Waals surface area contributed by atoms with Crippen LogP contribution in [0.5, 0.6) is 11.5 Å². The molecule has 4 aromatic rings. The van der Waals surface area contributed by atoms with Crippen LogP contribution in [0.15, 0.2) is 55.0 Å². The second kappa shape index (κ2) is 12.0. The highest BCUT2D eigenvalue weighted by atomic mass is 35.5. The van der Waals surface area contributed by atoms with E-state index in [-0.39, 0.29) is 18.4 Å². The minimum absolute atomic E-state index is 0. The lowest BCUT2D eigenvalue weighted by atomic mass is 10.1. The molecule has 0 saturated carbocycles. The minimum Gasteiger partial charge on any atom is -0.497 e. The molecule has 2 N–H and O–H groups in total. The zero-order valence-electron chi connectivity index (χ0n) is 21.2. The number of anilines is 2. The average molecular weight is 513 g/mol. The smallest absolute Gasteiger partial charge is 0.124 e. The number of fused-ring (bicyclic) bond motifs is 1. The molecule has 0 fully saturated rings. The van der Waals surface area contributed by atoms with Crippen molar-refractivity contribution in [1.29, 1.82) is 0 Å². The van der Waals surface area contributed by atoms with E-state index in [1.807, 2.05) is 54.5 Å². The van der Waals surface area contributed by atoms with E-state index in [0.717, 1.165) is 33.7 Å². The number of rotatable bonds is 10. The third kappa shape index (κ3) is 6.42. The number of nitrogens with one attached hydrogen (secondary N) is 1. The summed E-state index contributed by atoms with van der Waals surface area (Å²) < 4.78 is 12.7. The molecule has 36 heavy (non-hydrogen) atoms. The summed E-state index contributed by atoms with van der Waals surface area (Å²) in [5.41, 5.74) is 4.88. The summed E-state index contributed by atoms with van der Waals surface area (Å²) >= 11 is 0. The van der Waals surface area contributed by atoms with E-state index in [4.69, 9.17) is 14.5 Å². The van der Waals surface area contributed by atoms with Gasteiger partial charge in [0.2, 0.25) is 0 Å². The Morgan fingerprint density at radius 3 is 2.33 bits per heavy atom. The molecule has 9 nitrogen and oxygen atoms in total. The van der Waals surface area contributed by atoms with Gasteiger partial charge < -0.3 is 24.8 Å². The van der Waals surface area contributed by atoms with Crippen LogP contribution in [-0.4, -0.2) is 64.3 Å². The first kappa shape index (κ1) is 27.2. The number of hydrogen-bond acceptors (Lipinski definition) is 8. The van der Waals surface area contributed by atoms with Gasteiger partial charge in [-0.3, -0.25) is 9.67 Å². The Morgan fingerprint density at radius 1 is 1.00 bits per heavy atom. The van der Waals surface area contributed by atoms with Crippen LogP contribution in [0.1, 0.15) is 13.8 Å². The van der Waals surface area contributed by atoms with Crippen molar-refractivity contribution in [1.82, 2.24) is 25.1 Å². The summed E-state index contributed by atoms with van der Waals surface area (Å²) in [7, 11) is 5.11. The van der Waals surface area contributed by atoms with E-state index in [0.29, 0.717) is 24.6 Å². The fraction of sp³-hybridized carbons (Fsp3) is 0.346. The van der Waals surface area contributed by atoms with Crippen LogP contribution in [0.25, 0.3) is 22.3 Å². The lowest BCUT2D eigenvalue weighted by molar-refractivity contribution is 0.176. The number of aryl methyl sites for hydroxylation is 1. The topological polar surface area (TPSA) is 97.6 Å². The lowest BCUT2D eigenvalue weighted by Crippen LogP contribution is -2.38. The summed E-state index contributed by atoms with van der Waals surface area (Å²) in [4.78, 5) is 11.5. The third-order valence-corrected chi connectivity index (χ3v) is 5.64.